The minimum atomic E-state index is -0.0740. The lowest BCUT2D eigenvalue weighted by atomic mass is 10.1. The van der Waals surface area contributed by atoms with Crippen LogP contribution in [0.1, 0.15) is 21.5 Å². The lowest BCUT2D eigenvalue weighted by Gasteiger charge is -2.08. The summed E-state index contributed by atoms with van der Waals surface area (Å²) >= 11 is 0. The molecule has 1 aromatic heterocycles. The van der Waals surface area contributed by atoms with Crippen LogP contribution in [0.4, 0.5) is 0 Å². The second kappa shape index (κ2) is 5.75. The number of benzene rings is 2. The number of hydrogen-bond acceptors (Lipinski definition) is 2. The maximum atomic E-state index is 12.4. The molecule has 0 saturated carbocycles. The largest absolute Gasteiger partial charge is 0.348 e. The van der Waals surface area contributed by atoms with E-state index >= 15 is 0 Å². The summed E-state index contributed by atoms with van der Waals surface area (Å²) in [5, 5.41) is 3.84. The number of carbonyl (C=O) groups excluding carboxylic acids is 1. The third kappa shape index (κ3) is 2.92. The molecule has 104 valence electrons. The second-order valence-electron chi connectivity index (χ2n) is 5.05. The van der Waals surface area contributed by atoms with Crippen LogP contribution in [0.15, 0.2) is 60.8 Å². The molecule has 0 spiro atoms. The van der Waals surface area contributed by atoms with E-state index in [0.29, 0.717) is 12.1 Å². The van der Waals surface area contributed by atoms with Crippen molar-refractivity contribution in [3.05, 3.63) is 77.5 Å². The van der Waals surface area contributed by atoms with E-state index in [-0.39, 0.29) is 5.91 Å². The van der Waals surface area contributed by atoms with E-state index in [1.165, 1.54) is 5.56 Å². The van der Waals surface area contributed by atoms with E-state index in [9.17, 15) is 4.79 Å². The van der Waals surface area contributed by atoms with Gasteiger partial charge in [0.15, 0.2) is 0 Å². The van der Waals surface area contributed by atoms with Gasteiger partial charge in [-0.05, 0) is 24.6 Å². The van der Waals surface area contributed by atoms with Crippen molar-refractivity contribution >= 4 is 16.8 Å². The highest BCUT2D eigenvalue weighted by Gasteiger charge is 2.09. The molecule has 0 aliphatic rings. The van der Waals surface area contributed by atoms with Crippen LogP contribution in [0, 0.1) is 6.92 Å². The van der Waals surface area contributed by atoms with Gasteiger partial charge in [0.25, 0.3) is 5.91 Å². The van der Waals surface area contributed by atoms with Crippen molar-refractivity contribution < 1.29 is 4.79 Å². The standard InChI is InChI=1S/C18H16N2O/c1-13-5-4-6-14(11-13)12-20-18(21)16-9-10-19-17-8-3-2-7-15(16)17/h2-11H,12H2,1H3,(H,20,21). The van der Waals surface area contributed by atoms with Gasteiger partial charge in [0.1, 0.15) is 0 Å². The van der Waals surface area contributed by atoms with E-state index in [4.69, 9.17) is 0 Å². The number of aromatic nitrogens is 1. The van der Waals surface area contributed by atoms with Crippen LogP contribution >= 0.6 is 0 Å². The van der Waals surface area contributed by atoms with Crippen LogP contribution in [0.2, 0.25) is 0 Å². The first-order valence-electron chi connectivity index (χ1n) is 6.91. The quantitative estimate of drug-likeness (QED) is 0.796. The zero-order valence-electron chi connectivity index (χ0n) is 11.8. The molecule has 3 rings (SSSR count). The number of amides is 1. The van der Waals surface area contributed by atoms with Crippen molar-refractivity contribution in [1.29, 1.82) is 0 Å². The molecule has 1 N–H and O–H groups in total. The van der Waals surface area contributed by atoms with Crippen molar-refractivity contribution in [1.82, 2.24) is 10.3 Å². The predicted octanol–water partition coefficient (Wildman–Crippen LogP) is 3.47. The lowest BCUT2D eigenvalue weighted by Crippen LogP contribution is -2.23. The summed E-state index contributed by atoms with van der Waals surface area (Å²) in [6, 6.07) is 17.6. The average Bonchev–Trinajstić information content (AvgIpc) is 2.52. The Bertz CT molecular complexity index is 791. The second-order valence-corrected chi connectivity index (χ2v) is 5.05. The first kappa shape index (κ1) is 13.3. The summed E-state index contributed by atoms with van der Waals surface area (Å²) in [6.45, 7) is 2.57. The van der Waals surface area contributed by atoms with Crippen LogP contribution in [0.3, 0.4) is 0 Å². The van der Waals surface area contributed by atoms with Crippen molar-refractivity contribution in [2.24, 2.45) is 0 Å². The normalized spacial score (nSPS) is 10.5. The Morgan fingerprint density at radius 3 is 2.81 bits per heavy atom. The van der Waals surface area contributed by atoms with E-state index in [2.05, 4.69) is 16.4 Å². The Kier molecular flexibility index (Phi) is 3.65. The molecule has 0 aliphatic carbocycles. The van der Waals surface area contributed by atoms with Gasteiger partial charge < -0.3 is 5.32 Å². The fraction of sp³-hybridized carbons (Fsp3) is 0.111. The topological polar surface area (TPSA) is 42.0 Å². The molecule has 3 nitrogen and oxygen atoms in total. The molecule has 0 atom stereocenters. The van der Waals surface area contributed by atoms with Crippen LogP contribution in [0.25, 0.3) is 10.9 Å². The number of rotatable bonds is 3. The van der Waals surface area contributed by atoms with E-state index < -0.39 is 0 Å². The number of nitrogens with one attached hydrogen (secondary N) is 1. The van der Waals surface area contributed by atoms with E-state index in [1.54, 1.807) is 12.3 Å². The Morgan fingerprint density at radius 2 is 1.95 bits per heavy atom. The van der Waals surface area contributed by atoms with Gasteiger partial charge in [-0.2, -0.15) is 0 Å². The molecule has 0 fully saturated rings. The number of aryl methyl sites for hydroxylation is 1. The minimum Gasteiger partial charge on any atom is -0.348 e. The molecule has 0 saturated heterocycles. The van der Waals surface area contributed by atoms with E-state index in [0.717, 1.165) is 16.5 Å². The van der Waals surface area contributed by atoms with Gasteiger partial charge in [-0.15, -0.1) is 0 Å². The summed E-state index contributed by atoms with van der Waals surface area (Å²) in [4.78, 5) is 16.7. The van der Waals surface area contributed by atoms with Crippen molar-refractivity contribution in [2.75, 3.05) is 0 Å². The molecule has 2 aromatic carbocycles. The third-order valence-corrected chi connectivity index (χ3v) is 3.43. The molecular formula is C18H16N2O. The van der Waals surface area contributed by atoms with Crippen LogP contribution in [-0.2, 0) is 6.54 Å². The molecule has 1 heterocycles. The van der Waals surface area contributed by atoms with Crippen molar-refractivity contribution in [2.45, 2.75) is 13.5 Å². The number of fused-ring (bicyclic) bond motifs is 1. The highest BCUT2D eigenvalue weighted by molar-refractivity contribution is 6.05. The van der Waals surface area contributed by atoms with Gasteiger partial charge in [0, 0.05) is 18.1 Å². The number of carbonyl (C=O) groups is 1. The molecule has 0 bridgehead atoms. The fourth-order valence-corrected chi connectivity index (χ4v) is 2.39. The highest BCUT2D eigenvalue weighted by atomic mass is 16.1. The zero-order valence-corrected chi connectivity index (χ0v) is 11.8. The molecule has 3 heteroatoms. The number of nitrogens with zero attached hydrogens (tertiary/aromatic N) is 1. The smallest absolute Gasteiger partial charge is 0.252 e. The SMILES string of the molecule is Cc1cccc(CNC(=O)c2ccnc3ccccc23)c1. The maximum absolute atomic E-state index is 12.4. The predicted molar refractivity (Wildman–Crippen MR) is 84.1 cm³/mol. The van der Waals surface area contributed by atoms with Gasteiger partial charge >= 0.3 is 0 Å². The number of hydrogen-bond donors (Lipinski definition) is 1. The highest BCUT2D eigenvalue weighted by Crippen LogP contribution is 2.16. The van der Waals surface area contributed by atoms with Gasteiger partial charge in [0.2, 0.25) is 0 Å². The van der Waals surface area contributed by atoms with E-state index in [1.807, 2.05) is 49.4 Å². The molecule has 0 aliphatic heterocycles. The summed E-state index contributed by atoms with van der Waals surface area (Å²) in [5.74, 6) is -0.0740. The van der Waals surface area contributed by atoms with Gasteiger partial charge in [-0.3, -0.25) is 9.78 Å². The third-order valence-electron chi connectivity index (χ3n) is 3.43. The number of para-hydroxylation sites is 1. The van der Waals surface area contributed by atoms with Crippen LogP contribution in [0.5, 0.6) is 0 Å². The van der Waals surface area contributed by atoms with Gasteiger partial charge in [0.05, 0.1) is 11.1 Å². The van der Waals surface area contributed by atoms with Crippen LogP contribution < -0.4 is 5.32 Å². The first-order chi connectivity index (χ1) is 10.2. The summed E-state index contributed by atoms with van der Waals surface area (Å²) < 4.78 is 0. The summed E-state index contributed by atoms with van der Waals surface area (Å²) in [6.07, 6.45) is 1.67. The molecular weight excluding hydrogens is 260 g/mol. The maximum Gasteiger partial charge on any atom is 0.252 e. The minimum absolute atomic E-state index is 0.0740. The molecule has 1 amide bonds. The Balaban J connectivity index is 1.81. The average molecular weight is 276 g/mol. The molecule has 21 heavy (non-hydrogen) atoms. The zero-order chi connectivity index (χ0) is 14.7. The summed E-state index contributed by atoms with van der Waals surface area (Å²) in [5.41, 5.74) is 3.78. The molecule has 0 radical (unpaired) electrons. The Labute approximate surface area is 123 Å². The fourth-order valence-electron chi connectivity index (χ4n) is 2.39. The van der Waals surface area contributed by atoms with Gasteiger partial charge in [-0.25, -0.2) is 0 Å². The Morgan fingerprint density at radius 1 is 1.10 bits per heavy atom. The van der Waals surface area contributed by atoms with Gasteiger partial charge in [-0.1, -0.05) is 48.0 Å². The van der Waals surface area contributed by atoms with Crippen LogP contribution in [-0.4, -0.2) is 10.9 Å². The van der Waals surface area contributed by atoms with Crippen molar-refractivity contribution in [3.8, 4) is 0 Å². The molecule has 0 unspecified atom stereocenters. The lowest BCUT2D eigenvalue weighted by molar-refractivity contribution is 0.0952. The Hall–Kier alpha value is -2.68. The first-order valence-corrected chi connectivity index (χ1v) is 6.91. The number of pyridine rings is 1. The summed E-state index contributed by atoms with van der Waals surface area (Å²) in [7, 11) is 0. The van der Waals surface area contributed by atoms with Crippen molar-refractivity contribution in [3.63, 3.8) is 0 Å². The monoisotopic (exact) mass is 276 g/mol. The molecule has 3 aromatic rings.